The highest BCUT2D eigenvalue weighted by atomic mass is 31.2. The Balaban J connectivity index is 5.26. The van der Waals surface area contributed by atoms with Crippen LogP contribution in [-0.2, 0) is 65.4 Å². The summed E-state index contributed by atoms with van der Waals surface area (Å²) in [5, 5.41) is 10.6. The molecule has 0 saturated heterocycles. The van der Waals surface area contributed by atoms with E-state index in [1.54, 1.807) is 0 Å². The summed E-state index contributed by atoms with van der Waals surface area (Å²) in [6.07, 6.45) is 61.0. The molecule has 99 heavy (non-hydrogen) atoms. The molecule has 0 aromatic rings. The molecule has 0 aliphatic rings. The van der Waals surface area contributed by atoms with E-state index in [-0.39, 0.29) is 25.7 Å². The SMILES string of the molecule is CCCCCCCCCCCCCCCCCCCC(=O)O[C@H](COC(=O)CCCCCCCCCCCCCCCC(C)C)COP(=O)(O)OC[C@@H](O)COP(=O)(O)OC[C@@H](COC(=O)CCCCCCCCCCC(C)C)OC(=O)CCCCCCCCCCCCCCCCC. The smallest absolute Gasteiger partial charge is 0.462 e. The number of aliphatic hydroxyl groups excluding tert-OH is 1. The van der Waals surface area contributed by atoms with Crippen LogP contribution >= 0.6 is 15.6 Å². The second-order valence-electron chi connectivity index (χ2n) is 29.8. The summed E-state index contributed by atoms with van der Waals surface area (Å²) in [5.41, 5.74) is 0. The minimum atomic E-state index is -4.96. The van der Waals surface area contributed by atoms with Gasteiger partial charge in [-0.25, -0.2) is 9.13 Å². The van der Waals surface area contributed by atoms with Crippen LogP contribution in [0, 0.1) is 11.8 Å². The molecule has 5 atom stereocenters. The molecule has 0 spiro atoms. The van der Waals surface area contributed by atoms with Crippen LogP contribution in [0.3, 0.4) is 0 Å². The fraction of sp³-hybridized carbons (Fsp3) is 0.950. The van der Waals surface area contributed by atoms with Gasteiger partial charge in [0.05, 0.1) is 26.4 Å². The van der Waals surface area contributed by atoms with Crippen molar-refractivity contribution in [3.05, 3.63) is 0 Å². The lowest BCUT2D eigenvalue weighted by atomic mass is 10.0. The molecular weight excluding hydrogens is 1290 g/mol. The van der Waals surface area contributed by atoms with Crippen molar-refractivity contribution in [2.24, 2.45) is 11.8 Å². The number of rotatable bonds is 79. The number of esters is 4. The monoisotopic (exact) mass is 1450 g/mol. The Morgan fingerprint density at radius 1 is 0.273 bits per heavy atom. The van der Waals surface area contributed by atoms with Crippen LogP contribution in [-0.4, -0.2) is 96.7 Å². The summed E-state index contributed by atoms with van der Waals surface area (Å²) >= 11 is 0. The molecule has 0 aliphatic carbocycles. The first-order valence-corrected chi connectivity index (χ1v) is 44.5. The number of ether oxygens (including phenoxy) is 4. The minimum Gasteiger partial charge on any atom is -0.462 e. The van der Waals surface area contributed by atoms with Crippen LogP contribution in [0.15, 0.2) is 0 Å². The van der Waals surface area contributed by atoms with Gasteiger partial charge in [0.25, 0.3) is 0 Å². The van der Waals surface area contributed by atoms with E-state index in [0.717, 1.165) is 102 Å². The summed E-state index contributed by atoms with van der Waals surface area (Å²) in [6, 6.07) is 0. The van der Waals surface area contributed by atoms with Crippen molar-refractivity contribution >= 4 is 39.5 Å². The molecule has 588 valence electrons. The maximum atomic E-state index is 13.1. The number of hydrogen-bond donors (Lipinski definition) is 3. The molecular formula is C80H156O17P2. The van der Waals surface area contributed by atoms with Crippen molar-refractivity contribution in [3.8, 4) is 0 Å². The highest BCUT2D eigenvalue weighted by molar-refractivity contribution is 7.47. The zero-order valence-corrected chi connectivity index (χ0v) is 66.6. The molecule has 2 unspecified atom stereocenters. The number of hydrogen-bond acceptors (Lipinski definition) is 15. The molecule has 0 saturated carbocycles. The van der Waals surface area contributed by atoms with E-state index in [1.807, 2.05) is 0 Å². The second-order valence-corrected chi connectivity index (χ2v) is 32.7. The van der Waals surface area contributed by atoms with Crippen molar-refractivity contribution in [1.29, 1.82) is 0 Å². The van der Waals surface area contributed by atoms with Crippen LogP contribution in [0.4, 0.5) is 0 Å². The fourth-order valence-corrected chi connectivity index (χ4v) is 13.9. The average molecular weight is 1450 g/mol. The second kappa shape index (κ2) is 71.7. The molecule has 3 N–H and O–H groups in total. The Labute approximate surface area is 607 Å². The Hall–Kier alpha value is -1.94. The van der Waals surface area contributed by atoms with Gasteiger partial charge in [-0.2, -0.15) is 0 Å². The zero-order chi connectivity index (χ0) is 72.8. The first-order chi connectivity index (χ1) is 47.9. The summed E-state index contributed by atoms with van der Waals surface area (Å²) in [4.78, 5) is 73.0. The Kier molecular flexibility index (Phi) is 70.3. The van der Waals surface area contributed by atoms with Gasteiger partial charge in [0, 0.05) is 25.7 Å². The van der Waals surface area contributed by atoms with Gasteiger partial charge < -0.3 is 33.8 Å². The van der Waals surface area contributed by atoms with Crippen molar-refractivity contribution in [1.82, 2.24) is 0 Å². The lowest BCUT2D eigenvalue weighted by Gasteiger charge is -2.21. The third kappa shape index (κ3) is 74.1. The van der Waals surface area contributed by atoms with Crippen LogP contribution in [0.25, 0.3) is 0 Å². The van der Waals surface area contributed by atoms with Crippen LogP contribution in [0.1, 0.15) is 420 Å². The van der Waals surface area contributed by atoms with E-state index >= 15 is 0 Å². The topological polar surface area (TPSA) is 237 Å². The molecule has 0 heterocycles. The fourth-order valence-electron chi connectivity index (χ4n) is 12.4. The van der Waals surface area contributed by atoms with Gasteiger partial charge in [-0.3, -0.25) is 37.3 Å². The van der Waals surface area contributed by atoms with Crippen LogP contribution in [0.5, 0.6) is 0 Å². The molecule has 0 radical (unpaired) electrons. The Bertz CT molecular complexity index is 1910. The van der Waals surface area contributed by atoms with Gasteiger partial charge in [0.1, 0.15) is 19.3 Å². The van der Waals surface area contributed by atoms with E-state index in [1.165, 1.54) is 238 Å². The van der Waals surface area contributed by atoms with E-state index in [0.29, 0.717) is 25.7 Å². The average Bonchev–Trinajstić information content (AvgIpc) is 0.968. The summed E-state index contributed by atoms with van der Waals surface area (Å²) in [5.74, 6) is -0.591. The quantitative estimate of drug-likeness (QED) is 0.0222. The summed E-state index contributed by atoms with van der Waals surface area (Å²) in [7, 11) is -9.92. The number of unbranched alkanes of at least 4 members (excludes halogenated alkanes) is 49. The van der Waals surface area contributed by atoms with Gasteiger partial charge in [-0.15, -0.1) is 0 Å². The van der Waals surface area contributed by atoms with E-state index in [9.17, 15) is 43.2 Å². The lowest BCUT2D eigenvalue weighted by Crippen LogP contribution is -2.30. The first kappa shape index (κ1) is 97.1. The predicted molar refractivity (Wildman–Crippen MR) is 405 cm³/mol. The normalized spacial score (nSPS) is 13.9. The Morgan fingerprint density at radius 3 is 0.687 bits per heavy atom. The van der Waals surface area contributed by atoms with Crippen molar-refractivity contribution in [2.45, 2.75) is 439 Å². The number of carbonyl (C=O) groups is 4. The molecule has 0 amide bonds. The van der Waals surface area contributed by atoms with E-state index in [4.69, 9.17) is 37.0 Å². The van der Waals surface area contributed by atoms with Gasteiger partial charge in [0.2, 0.25) is 0 Å². The largest absolute Gasteiger partial charge is 0.472 e. The van der Waals surface area contributed by atoms with Gasteiger partial charge in [-0.1, -0.05) is 369 Å². The molecule has 17 nitrogen and oxygen atoms in total. The number of aliphatic hydroxyl groups is 1. The van der Waals surface area contributed by atoms with Crippen molar-refractivity contribution < 1.29 is 80.2 Å². The number of carbonyl (C=O) groups excluding carboxylic acids is 4. The molecule has 0 rings (SSSR count). The predicted octanol–water partition coefficient (Wildman–Crippen LogP) is 23.9. The minimum absolute atomic E-state index is 0.108. The molecule has 0 aliphatic heterocycles. The van der Waals surface area contributed by atoms with Crippen LogP contribution < -0.4 is 0 Å². The summed E-state index contributed by atoms with van der Waals surface area (Å²) in [6.45, 7) is 9.62. The maximum absolute atomic E-state index is 13.1. The Morgan fingerprint density at radius 2 is 0.465 bits per heavy atom. The van der Waals surface area contributed by atoms with Crippen molar-refractivity contribution in [2.75, 3.05) is 39.6 Å². The third-order valence-electron chi connectivity index (χ3n) is 18.7. The summed E-state index contributed by atoms with van der Waals surface area (Å²) < 4.78 is 68.7. The first-order valence-electron chi connectivity index (χ1n) is 41.5. The zero-order valence-electron chi connectivity index (χ0n) is 64.8. The lowest BCUT2D eigenvalue weighted by molar-refractivity contribution is -0.161. The molecule has 0 aromatic heterocycles. The highest BCUT2D eigenvalue weighted by Crippen LogP contribution is 2.45. The number of phosphoric ester groups is 2. The van der Waals surface area contributed by atoms with Crippen LogP contribution in [0.2, 0.25) is 0 Å². The number of phosphoric acid groups is 2. The van der Waals surface area contributed by atoms with Crippen molar-refractivity contribution in [3.63, 3.8) is 0 Å². The van der Waals surface area contributed by atoms with E-state index < -0.39 is 97.5 Å². The molecule has 19 heteroatoms. The molecule has 0 aromatic carbocycles. The van der Waals surface area contributed by atoms with E-state index in [2.05, 4.69) is 41.5 Å². The third-order valence-corrected chi connectivity index (χ3v) is 20.6. The maximum Gasteiger partial charge on any atom is 0.472 e. The standard InChI is InChI=1S/C80H156O17P2/c1-7-9-11-13-15-17-19-21-23-24-26-30-35-39-47-53-59-65-79(84)96-75(68-90-77(82)62-56-50-44-37-33-31-27-28-32-36-42-48-54-60-72(3)4)70-94-98(86,87)92-66-74(81)67-93-99(88,89)95-71-76(69-91-78(83)63-57-51-45-41-40-43-49-55-61-73(5)6)97-80(85)64-58-52-46-38-34-29-25-22-20-18-16-14-12-10-8-2/h72-76,81H,7-71H2,1-6H3,(H,86,87)(H,88,89)/t74-,75-,76-/m1/s1. The highest BCUT2D eigenvalue weighted by Gasteiger charge is 2.30. The van der Waals surface area contributed by atoms with Gasteiger partial charge >= 0.3 is 39.5 Å². The van der Waals surface area contributed by atoms with Gasteiger partial charge in [0.15, 0.2) is 12.2 Å². The van der Waals surface area contributed by atoms with Gasteiger partial charge in [-0.05, 0) is 37.5 Å². The molecule has 0 fully saturated rings. The molecule has 0 bridgehead atoms.